The maximum atomic E-state index is 12.8. The molecule has 7 heteroatoms. The summed E-state index contributed by atoms with van der Waals surface area (Å²) in [7, 11) is -2.04. The van der Waals surface area contributed by atoms with Crippen molar-refractivity contribution >= 4 is 89.8 Å². The van der Waals surface area contributed by atoms with E-state index in [9.17, 15) is 8.42 Å². The van der Waals surface area contributed by atoms with Crippen LogP contribution in [0.3, 0.4) is 0 Å². The number of fused-ring (bicyclic) bond motifs is 2. The molecular weight excluding hydrogens is 666 g/mol. The van der Waals surface area contributed by atoms with Crippen molar-refractivity contribution in [2.45, 2.75) is 4.90 Å². The van der Waals surface area contributed by atoms with Crippen LogP contribution in [-0.2, 0) is 8.27 Å². The second kappa shape index (κ2) is 7.73. The Labute approximate surface area is 197 Å². The van der Waals surface area contributed by atoms with Crippen LogP contribution in [0.2, 0.25) is 0 Å². The van der Waals surface area contributed by atoms with Gasteiger partial charge in [-0.3, -0.25) is 0 Å². The topological polar surface area (TPSA) is 43.4 Å². The lowest BCUT2D eigenvalue weighted by Crippen LogP contribution is -2.02. The summed E-state index contributed by atoms with van der Waals surface area (Å²) in [5, 5.41) is 3.83. The van der Waals surface area contributed by atoms with Crippen LogP contribution in [0.1, 0.15) is 0 Å². The van der Waals surface area contributed by atoms with E-state index in [4.69, 9.17) is 4.74 Å². The first-order valence-corrected chi connectivity index (χ1v) is 13.7. The van der Waals surface area contributed by atoms with Crippen molar-refractivity contribution in [3.63, 3.8) is 0 Å². The third-order valence-corrected chi connectivity index (χ3v) is 8.51. The Kier molecular flexibility index (Phi) is 5.62. The quantitative estimate of drug-likeness (QED) is 0.174. The van der Waals surface area contributed by atoms with Crippen LogP contribution in [-0.4, -0.2) is 15.5 Å². The van der Waals surface area contributed by atoms with E-state index in [1.54, 1.807) is 7.11 Å². The van der Waals surface area contributed by atoms with Gasteiger partial charge in [0.05, 0.1) is 30.4 Å². The molecule has 0 spiro atoms. The number of rotatable bonds is 3. The van der Waals surface area contributed by atoms with E-state index in [1.165, 1.54) is 0 Å². The first-order valence-electron chi connectivity index (χ1n) is 8.24. The normalized spacial score (nSPS) is 11.9. The maximum Gasteiger partial charge on any atom is 0.239 e. The van der Waals surface area contributed by atoms with Gasteiger partial charge in [-0.2, -0.15) is 0 Å². The molecule has 0 amide bonds. The van der Waals surface area contributed by atoms with Crippen molar-refractivity contribution in [3.8, 4) is 16.9 Å². The van der Waals surface area contributed by atoms with Gasteiger partial charge in [0.25, 0.3) is 0 Å². The number of hydrogen-bond donors (Lipinski definition) is 0. The lowest BCUT2D eigenvalue weighted by molar-refractivity contribution is 0.414. The van der Waals surface area contributed by atoms with Gasteiger partial charge in [0.1, 0.15) is 5.75 Å². The summed E-state index contributed by atoms with van der Waals surface area (Å²) in [4.78, 5) is 0.261. The van der Waals surface area contributed by atoms with Crippen molar-refractivity contribution in [1.82, 2.24) is 0 Å². The van der Waals surface area contributed by atoms with Gasteiger partial charge >= 0.3 is 0 Å². The number of benzene rings is 4. The molecule has 3 nitrogen and oxygen atoms in total. The summed E-state index contributed by atoms with van der Waals surface area (Å²) >= 11 is 7.25. The Hall–Kier alpha value is -0.910. The van der Waals surface area contributed by atoms with Gasteiger partial charge < -0.3 is 4.74 Å². The molecule has 0 unspecified atom stereocenters. The van der Waals surface area contributed by atoms with E-state index in [1.807, 2.05) is 54.6 Å². The minimum atomic E-state index is -3.66. The lowest BCUT2D eigenvalue weighted by atomic mass is 9.93. The zero-order valence-corrected chi connectivity index (χ0v) is 21.3. The molecule has 0 N–H and O–H groups in total. The summed E-state index contributed by atoms with van der Waals surface area (Å²) in [6.07, 6.45) is 0. The van der Waals surface area contributed by atoms with E-state index in [2.05, 4.69) is 66.1 Å². The molecule has 0 aliphatic heterocycles. The first-order chi connectivity index (χ1) is 13.3. The molecule has 28 heavy (non-hydrogen) atoms. The summed E-state index contributed by atoms with van der Waals surface area (Å²) in [6.45, 7) is 0. The Morgan fingerprint density at radius 3 is 1.86 bits per heavy atom. The van der Waals surface area contributed by atoms with E-state index in [0.29, 0.717) is 14.9 Å². The second-order valence-electron chi connectivity index (χ2n) is 6.21. The zero-order valence-electron chi connectivity index (χ0n) is 14.5. The minimum Gasteiger partial charge on any atom is -0.495 e. The van der Waals surface area contributed by atoms with Gasteiger partial charge in [0.2, 0.25) is 8.27 Å². The maximum absolute atomic E-state index is 12.8. The van der Waals surface area contributed by atoms with Gasteiger partial charge in [0.15, 0.2) is 0 Å². The predicted molar refractivity (Wildman–Crippen MR) is 135 cm³/mol. The van der Waals surface area contributed by atoms with E-state index in [-0.39, 0.29) is 4.90 Å². The van der Waals surface area contributed by atoms with E-state index in [0.717, 1.165) is 30.7 Å². The molecule has 0 bridgehead atoms. The lowest BCUT2D eigenvalue weighted by Gasteiger charge is -2.19. The van der Waals surface area contributed by atoms with Crippen LogP contribution >= 0.6 is 60.0 Å². The summed E-state index contributed by atoms with van der Waals surface area (Å²) < 4.78 is 32.9. The highest BCUT2D eigenvalue weighted by Gasteiger charge is 2.27. The van der Waals surface area contributed by atoms with Crippen LogP contribution in [0.25, 0.3) is 32.7 Å². The van der Waals surface area contributed by atoms with Crippen LogP contribution in [0.5, 0.6) is 5.75 Å². The van der Waals surface area contributed by atoms with Crippen molar-refractivity contribution < 1.29 is 13.2 Å². The standard InChI is InChI=1S/C21H13BrI2O3S/c1-27-20-16(23)10-12-6-2-4-8-14(12)18(20)19-15-9-5-3-7-13(15)11-17(24)21(19)28(22,25)26/h2-11H,1H3. The van der Waals surface area contributed by atoms with Gasteiger partial charge in [0, 0.05) is 14.7 Å². The molecule has 4 aromatic rings. The highest BCUT2D eigenvalue weighted by atomic mass is 127. The van der Waals surface area contributed by atoms with Crippen molar-refractivity contribution in [1.29, 1.82) is 0 Å². The molecule has 0 saturated heterocycles. The monoisotopic (exact) mass is 678 g/mol. The van der Waals surface area contributed by atoms with Crippen LogP contribution < -0.4 is 4.74 Å². The number of hydrogen-bond acceptors (Lipinski definition) is 3. The Morgan fingerprint density at radius 2 is 1.32 bits per heavy atom. The highest BCUT2D eigenvalue weighted by molar-refractivity contribution is 14.1. The van der Waals surface area contributed by atoms with Gasteiger partial charge in [-0.15, -0.1) is 0 Å². The molecule has 0 fully saturated rings. The van der Waals surface area contributed by atoms with E-state index < -0.39 is 8.27 Å². The molecule has 0 atom stereocenters. The minimum absolute atomic E-state index is 0.261. The fourth-order valence-electron chi connectivity index (χ4n) is 3.52. The van der Waals surface area contributed by atoms with E-state index >= 15 is 0 Å². The zero-order chi connectivity index (χ0) is 20.1. The second-order valence-corrected chi connectivity index (χ2v) is 12.4. The highest BCUT2D eigenvalue weighted by Crippen LogP contribution is 2.47. The average molecular weight is 679 g/mol. The molecule has 0 aliphatic rings. The number of methoxy groups -OCH3 is 1. The Bertz CT molecular complexity index is 1350. The van der Waals surface area contributed by atoms with Crippen LogP contribution in [0, 0.1) is 7.14 Å². The molecule has 4 rings (SSSR count). The Morgan fingerprint density at radius 1 is 0.821 bits per heavy atom. The molecule has 0 aromatic heterocycles. The van der Waals surface area contributed by atoms with Crippen LogP contribution in [0.4, 0.5) is 0 Å². The third-order valence-electron chi connectivity index (χ3n) is 4.61. The summed E-state index contributed by atoms with van der Waals surface area (Å²) in [5.41, 5.74) is 1.45. The molecule has 0 saturated carbocycles. The molecule has 0 radical (unpaired) electrons. The molecular formula is C21H13BrI2O3S. The van der Waals surface area contributed by atoms with Gasteiger partial charge in [-0.05, 0) is 78.9 Å². The third kappa shape index (κ3) is 3.44. The number of halogens is 3. The average Bonchev–Trinajstić information content (AvgIpc) is 2.65. The first kappa shape index (κ1) is 20.4. The van der Waals surface area contributed by atoms with Gasteiger partial charge in [-0.25, -0.2) is 8.42 Å². The fraction of sp³-hybridized carbons (Fsp3) is 0.0476. The van der Waals surface area contributed by atoms with Crippen molar-refractivity contribution in [2.24, 2.45) is 0 Å². The SMILES string of the molecule is COc1c(I)cc2ccccc2c1-c1c(S(=O)(=O)Br)c(I)cc2ccccc12. The molecule has 142 valence electrons. The summed E-state index contributed by atoms with van der Waals surface area (Å²) in [6, 6.07) is 19.7. The molecule has 0 aliphatic carbocycles. The van der Waals surface area contributed by atoms with Crippen molar-refractivity contribution in [2.75, 3.05) is 7.11 Å². The van der Waals surface area contributed by atoms with Gasteiger partial charge in [-0.1, -0.05) is 48.5 Å². The fourth-order valence-corrected chi connectivity index (χ4v) is 8.49. The summed E-state index contributed by atoms with van der Waals surface area (Å²) in [5.74, 6) is 0.670. The largest absolute Gasteiger partial charge is 0.495 e. The molecule has 4 aromatic carbocycles. The van der Waals surface area contributed by atoms with Crippen molar-refractivity contribution in [3.05, 3.63) is 67.8 Å². The smallest absolute Gasteiger partial charge is 0.239 e. The number of ether oxygens (including phenoxy) is 1. The molecule has 0 heterocycles. The predicted octanol–water partition coefficient (Wildman–Crippen LogP) is 6.96. The Balaban J connectivity index is 2.35. The van der Waals surface area contributed by atoms with Crippen LogP contribution in [0.15, 0.2) is 65.6 Å².